The van der Waals surface area contributed by atoms with Crippen LogP contribution in [0.15, 0.2) is 35.4 Å². The maximum atomic E-state index is 5.71. The number of nitrogens with zero attached hydrogens (tertiary/aromatic N) is 2. The van der Waals surface area contributed by atoms with Crippen LogP contribution in [0.4, 0.5) is 5.69 Å². The molecule has 3 nitrogen and oxygen atoms in total. The smallest absolute Gasteiger partial charge is 0.125 e. The fourth-order valence-electron chi connectivity index (χ4n) is 1.72. The summed E-state index contributed by atoms with van der Waals surface area (Å²) in [5, 5.41) is 5.86. The van der Waals surface area contributed by atoms with Crippen LogP contribution in [0.3, 0.4) is 0 Å². The topological polar surface area (TPSA) is 24.8 Å². The van der Waals surface area contributed by atoms with Crippen molar-refractivity contribution < 1.29 is 4.84 Å². The Hall–Kier alpha value is -1.35. The molecule has 0 saturated heterocycles. The number of benzene rings is 1. The highest BCUT2D eigenvalue weighted by atomic mass is 16.7. The summed E-state index contributed by atoms with van der Waals surface area (Å²) in [7, 11) is 0. The first kappa shape index (κ1) is 11.1. The Morgan fingerprint density at radius 3 is 2.81 bits per heavy atom. The van der Waals surface area contributed by atoms with E-state index in [4.69, 9.17) is 4.84 Å². The molecule has 1 atom stereocenters. The molecule has 0 fully saturated rings. The van der Waals surface area contributed by atoms with Gasteiger partial charge < -0.3 is 0 Å². The Labute approximate surface area is 96.7 Å². The van der Waals surface area contributed by atoms with Crippen LogP contribution >= 0.6 is 0 Å². The average molecular weight is 218 g/mol. The van der Waals surface area contributed by atoms with E-state index in [0.717, 1.165) is 12.1 Å². The van der Waals surface area contributed by atoms with Gasteiger partial charge in [-0.3, -0.25) is 0 Å². The third-order valence-electron chi connectivity index (χ3n) is 2.64. The predicted octanol–water partition coefficient (Wildman–Crippen LogP) is 3.37. The van der Waals surface area contributed by atoms with E-state index >= 15 is 0 Å². The molecule has 0 aliphatic carbocycles. The summed E-state index contributed by atoms with van der Waals surface area (Å²) in [4.78, 5) is 5.71. The first-order chi connectivity index (χ1) is 7.90. The Morgan fingerprint density at radius 1 is 1.25 bits per heavy atom. The van der Waals surface area contributed by atoms with Gasteiger partial charge in [-0.15, -0.1) is 5.17 Å². The zero-order chi connectivity index (χ0) is 11.2. The van der Waals surface area contributed by atoms with Gasteiger partial charge in [0.1, 0.15) is 6.10 Å². The Kier molecular flexibility index (Phi) is 3.94. The highest BCUT2D eigenvalue weighted by Gasteiger charge is 2.18. The summed E-state index contributed by atoms with van der Waals surface area (Å²) in [6, 6.07) is 9.94. The molecule has 0 spiro atoms. The molecule has 0 bridgehead atoms. The van der Waals surface area contributed by atoms with Gasteiger partial charge in [0, 0.05) is 0 Å². The fraction of sp³-hybridized carbons (Fsp3) is 0.462. The van der Waals surface area contributed by atoms with Crippen LogP contribution in [0.5, 0.6) is 0 Å². The number of hydrazone groups is 1. The lowest BCUT2D eigenvalue weighted by Gasteiger charge is -2.15. The molecule has 2 rings (SSSR count). The summed E-state index contributed by atoms with van der Waals surface area (Å²) in [5.41, 5.74) is 0.983. The highest BCUT2D eigenvalue weighted by Crippen LogP contribution is 2.20. The normalized spacial score (nSPS) is 19.3. The van der Waals surface area contributed by atoms with Crippen molar-refractivity contribution in [2.75, 3.05) is 5.17 Å². The summed E-state index contributed by atoms with van der Waals surface area (Å²) >= 11 is 0. The van der Waals surface area contributed by atoms with Gasteiger partial charge in [0.2, 0.25) is 0 Å². The van der Waals surface area contributed by atoms with E-state index in [1.165, 1.54) is 19.3 Å². The second kappa shape index (κ2) is 5.66. The van der Waals surface area contributed by atoms with Crippen LogP contribution in [-0.2, 0) is 4.84 Å². The van der Waals surface area contributed by atoms with Crippen molar-refractivity contribution in [3.63, 3.8) is 0 Å². The Morgan fingerprint density at radius 2 is 2.06 bits per heavy atom. The van der Waals surface area contributed by atoms with Crippen molar-refractivity contribution in [2.24, 2.45) is 5.10 Å². The molecule has 1 aliphatic rings. The molecule has 0 saturated carbocycles. The highest BCUT2D eigenvalue weighted by molar-refractivity contribution is 5.67. The molecule has 3 heteroatoms. The van der Waals surface area contributed by atoms with Crippen LogP contribution < -0.4 is 5.17 Å². The van der Waals surface area contributed by atoms with Crippen LogP contribution in [0.25, 0.3) is 0 Å². The van der Waals surface area contributed by atoms with Crippen molar-refractivity contribution >= 4 is 11.9 Å². The van der Waals surface area contributed by atoms with Crippen LogP contribution in [0.2, 0.25) is 0 Å². The van der Waals surface area contributed by atoms with Gasteiger partial charge in [-0.05, 0) is 18.6 Å². The number of rotatable bonds is 5. The van der Waals surface area contributed by atoms with Gasteiger partial charge in [0.05, 0.1) is 11.9 Å². The zero-order valence-electron chi connectivity index (χ0n) is 9.67. The van der Waals surface area contributed by atoms with Crippen molar-refractivity contribution in [3.8, 4) is 0 Å². The molecule has 1 heterocycles. The van der Waals surface area contributed by atoms with Crippen molar-refractivity contribution in [1.29, 1.82) is 0 Å². The largest absolute Gasteiger partial charge is 0.243 e. The third kappa shape index (κ3) is 2.83. The molecule has 86 valence electrons. The number of hydrogen-bond donors (Lipinski definition) is 0. The van der Waals surface area contributed by atoms with E-state index in [9.17, 15) is 0 Å². The minimum atomic E-state index is 0.145. The molecule has 0 radical (unpaired) electrons. The quantitative estimate of drug-likeness (QED) is 0.708. The summed E-state index contributed by atoms with van der Waals surface area (Å²) in [5.74, 6) is 0. The molecule has 1 aliphatic heterocycles. The van der Waals surface area contributed by atoms with Crippen LogP contribution in [0.1, 0.15) is 32.6 Å². The van der Waals surface area contributed by atoms with Gasteiger partial charge in [-0.2, -0.15) is 5.10 Å². The first-order valence-electron chi connectivity index (χ1n) is 5.96. The van der Waals surface area contributed by atoms with Crippen molar-refractivity contribution in [2.45, 2.75) is 38.7 Å². The molecular formula is C13H18N2O. The predicted molar refractivity (Wildman–Crippen MR) is 66.4 cm³/mol. The minimum absolute atomic E-state index is 0.145. The monoisotopic (exact) mass is 218 g/mol. The second-order valence-electron chi connectivity index (χ2n) is 4.01. The summed E-state index contributed by atoms with van der Waals surface area (Å²) < 4.78 is 0. The molecule has 1 aromatic carbocycles. The molecule has 0 amide bonds. The molecule has 0 aromatic heterocycles. The van der Waals surface area contributed by atoms with Crippen molar-refractivity contribution in [3.05, 3.63) is 30.3 Å². The Balaban J connectivity index is 1.83. The van der Waals surface area contributed by atoms with Gasteiger partial charge in [-0.1, -0.05) is 44.4 Å². The molecular weight excluding hydrogens is 200 g/mol. The van der Waals surface area contributed by atoms with Crippen LogP contribution in [0, 0.1) is 0 Å². The molecule has 0 N–H and O–H groups in total. The van der Waals surface area contributed by atoms with Crippen molar-refractivity contribution in [1.82, 2.24) is 0 Å². The number of para-hydroxylation sites is 1. The SMILES string of the molecule is CCCCCC1C=NN(c2ccccc2)O1. The Bertz CT molecular complexity index is 337. The lowest BCUT2D eigenvalue weighted by atomic mass is 10.1. The zero-order valence-corrected chi connectivity index (χ0v) is 9.67. The molecule has 1 aromatic rings. The van der Waals surface area contributed by atoms with Gasteiger partial charge in [-0.25, -0.2) is 4.84 Å². The standard InChI is InChI=1S/C13H18N2O/c1-2-3-5-10-13-11-14-15(16-13)12-8-6-4-7-9-12/h4,6-9,11,13H,2-3,5,10H2,1H3. The van der Waals surface area contributed by atoms with Gasteiger partial charge >= 0.3 is 0 Å². The molecule has 16 heavy (non-hydrogen) atoms. The lowest BCUT2D eigenvalue weighted by Crippen LogP contribution is -2.17. The van der Waals surface area contributed by atoms with Gasteiger partial charge in [0.25, 0.3) is 0 Å². The minimum Gasteiger partial charge on any atom is -0.243 e. The van der Waals surface area contributed by atoms with E-state index in [-0.39, 0.29) is 6.10 Å². The fourth-order valence-corrected chi connectivity index (χ4v) is 1.72. The first-order valence-corrected chi connectivity index (χ1v) is 5.96. The third-order valence-corrected chi connectivity index (χ3v) is 2.64. The van der Waals surface area contributed by atoms with E-state index in [0.29, 0.717) is 0 Å². The van der Waals surface area contributed by atoms with Gasteiger partial charge in [0.15, 0.2) is 0 Å². The number of anilines is 1. The number of hydrogen-bond acceptors (Lipinski definition) is 3. The van der Waals surface area contributed by atoms with E-state index < -0.39 is 0 Å². The second-order valence-corrected chi connectivity index (χ2v) is 4.01. The van der Waals surface area contributed by atoms with E-state index in [2.05, 4.69) is 12.0 Å². The maximum absolute atomic E-state index is 5.71. The van der Waals surface area contributed by atoms with E-state index in [1.807, 2.05) is 36.5 Å². The molecule has 1 unspecified atom stereocenters. The van der Waals surface area contributed by atoms with Crippen LogP contribution in [-0.4, -0.2) is 12.3 Å². The number of unbranched alkanes of at least 4 members (excludes halogenated alkanes) is 2. The summed E-state index contributed by atoms with van der Waals surface area (Å²) in [6.07, 6.45) is 6.80. The average Bonchev–Trinajstić information content (AvgIpc) is 2.79. The van der Waals surface area contributed by atoms with E-state index in [1.54, 1.807) is 5.17 Å². The summed E-state index contributed by atoms with van der Waals surface area (Å²) in [6.45, 7) is 2.21. The lowest BCUT2D eigenvalue weighted by molar-refractivity contribution is 0.0912. The maximum Gasteiger partial charge on any atom is 0.125 e.